The van der Waals surface area contributed by atoms with Crippen molar-refractivity contribution >= 4 is 17.2 Å². The van der Waals surface area contributed by atoms with Gasteiger partial charge in [-0.3, -0.25) is 4.79 Å². The Morgan fingerprint density at radius 3 is 2.67 bits per heavy atom. The van der Waals surface area contributed by atoms with E-state index < -0.39 is 0 Å². The van der Waals surface area contributed by atoms with E-state index in [2.05, 4.69) is 30.9 Å². The highest BCUT2D eigenvalue weighted by Crippen LogP contribution is 2.27. The molecule has 0 saturated heterocycles. The molecule has 0 aliphatic heterocycles. The van der Waals surface area contributed by atoms with Crippen LogP contribution >= 0.6 is 11.6 Å². The maximum atomic E-state index is 12.2. The van der Waals surface area contributed by atoms with Crippen LogP contribution < -0.4 is 5.56 Å². The largest absolute Gasteiger partial charge is 0.342 e. The van der Waals surface area contributed by atoms with Crippen LogP contribution in [0, 0.1) is 0 Å². The lowest BCUT2D eigenvalue weighted by molar-refractivity contribution is 0.566. The number of benzene rings is 1. The molecule has 0 unspecified atom stereocenters. The molecule has 0 radical (unpaired) electrons. The van der Waals surface area contributed by atoms with Crippen molar-refractivity contribution in [1.29, 1.82) is 0 Å². The first-order valence-corrected chi connectivity index (χ1v) is 7.11. The Hall–Kier alpha value is -2.07. The molecule has 0 aliphatic carbocycles. The summed E-state index contributed by atoms with van der Waals surface area (Å²) in [5, 5.41) is 4.83. The SMILES string of the molecule is CC(C)(C)c1cc(=O)n2ncc(-c3cccc(Cl)c3)c2[nH]1. The first-order chi connectivity index (χ1) is 9.86. The second-order valence-electron chi connectivity index (χ2n) is 6.10. The molecular formula is C16H16ClN3O. The Bertz CT molecular complexity index is 871. The quantitative estimate of drug-likeness (QED) is 0.746. The van der Waals surface area contributed by atoms with E-state index in [1.807, 2.05) is 24.3 Å². The van der Waals surface area contributed by atoms with Gasteiger partial charge in [-0.1, -0.05) is 44.5 Å². The first kappa shape index (κ1) is 13.9. The van der Waals surface area contributed by atoms with Crippen LogP contribution in [-0.4, -0.2) is 14.6 Å². The maximum Gasteiger partial charge on any atom is 0.274 e. The summed E-state index contributed by atoms with van der Waals surface area (Å²) in [7, 11) is 0. The molecule has 0 atom stereocenters. The Kier molecular flexibility index (Phi) is 3.14. The van der Waals surface area contributed by atoms with Crippen molar-refractivity contribution < 1.29 is 0 Å². The van der Waals surface area contributed by atoms with Crippen LogP contribution in [0.1, 0.15) is 26.5 Å². The summed E-state index contributed by atoms with van der Waals surface area (Å²) in [6, 6.07) is 9.11. The van der Waals surface area contributed by atoms with Crippen LogP contribution in [0.2, 0.25) is 5.02 Å². The molecule has 1 N–H and O–H groups in total. The van der Waals surface area contributed by atoms with Crippen molar-refractivity contribution in [3.8, 4) is 11.1 Å². The Morgan fingerprint density at radius 1 is 1.24 bits per heavy atom. The highest BCUT2D eigenvalue weighted by atomic mass is 35.5. The van der Waals surface area contributed by atoms with Crippen LogP contribution in [0.25, 0.3) is 16.8 Å². The molecule has 0 fully saturated rings. The number of aromatic nitrogens is 3. The summed E-state index contributed by atoms with van der Waals surface area (Å²) in [5.41, 5.74) is 3.08. The summed E-state index contributed by atoms with van der Waals surface area (Å²) >= 11 is 6.05. The molecule has 1 aromatic carbocycles. The van der Waals surface area contributed by atoms with Crippen LogP contribution in [0.15, 0.2) is 41.3 Å². The van der Waals surface area contributed by atoms with Crippen LogP contribution in [-0.2, 0) is 5.41 Å². The molecule has 108 valence electrons. The van der Waals surface area contributed by atoms with Gasteiger partial charge in [0.15, 0.2) is 0 Å². The van der Waals surface area contributed by atoms with E-state index in [4.69, 9.17) is 11.6 Å². The van der Waals surface area contributed by atoms with E-state index in [-0.39, 0.29) is 11.0 Å². The Labute approximate surface area is 127 Å². The molecule has 3 aromatic rings. The molecule has 2 heterocycles. The van der Waals surface area contributed by atoms with Gasteiger partial charge in [0.25, 0.3) is 5.56 Å². The summed E-state index contributed by atoms with van der Waals surface area (Å²) in [5.74, 6) is 0. The van der Waals surface area contributed by atoms with Crippen molar-refractivity contribution in [2.75, 3.05) is 0 Å². The normalized spacial score (nSPS) is 12.0. The van der Waals surface area contributed by atoms with Crippen LogP contribution in [0.5, 0.6) is 0 Å². The van der Waals surface area contributed by atoms with Gasteiger partial charge >= 0.3 is 0 Å². The molecule has 0 bridgehead atoms. The predicted molar refractivity (Wildman–Crippen MR) is 85.0 cm³/mol. The van der Waals surface area contributed by atoms with Gasteiger partial charge < -0.3 is 4.98 Å². The van der Waals surface area contributed by atoms with E-state index in [0.29, 0.717) is 10.7 Å². The number of nitrogens with one attached hydrogen (secondary N) is 1. The number of fused-ring (bicyclic) bond motifs is 1. The van der Waals surface area contributed by atoms with Gasteiger partial charge in [-0.05, 0) is 17.7 Å². The zero-order chi connectivity index (χ0) is 15.2. The van der Waals surface area contributed by atoms with E-state index in [1.54, 1.807) is 12.3 Å². The zero-order valence-electron chi connectivity index (χ0n) is 12.1. The first-order valence-electron chi connectivity index (χ1n) is 6.74. The zero-order valence-corrected chi connectivity index (χ0v) is 12.9. The second kappa shape index (κ2) is 4.74. The molecule has 0 spiro atoms. The molecule has 0 amide bonds. The van der Waals surface area contributed by atoms with Gasteiger partial charge in [0.05, 0.1) is 6.20 Å². The fraction of sp³-hybridized carbons (Fsp3) is 0.250. The van der Waals surface area contributed by atoms with E-state index >= 15 is 0 Å². The minimum atomic E-state index is -0.142. The van der Waals surface area contributed by atoms with Gasteiger partial charge in [0.1, 0.15) is 5.65 Å². The summed E-state index contributed by atoms with van der Waals surface area (Å²) in [4.78, 5) is 15.5. The van der Waals surface area contributed by atoms with E-state index in [0.717, 1.165) is 16.8 Å². The number of halogens is 1. The molecule has 5 heteroatoms. The van der Waals surface area contributed by atoms with E-state index in [9.17, 15) is 4.79 Å². The topological polar surface area (TPSA) is 50.2 Å². The molecule has 4 nitrogen and oxygen atoms in total. The fourth-order valence-electron chi connectivity index (χ4n) is 2.26. The Balaban J connectivity index is 2.31. The monoisotopic (exact) mass is 301 g/mol. The highest BCUT2D eigenvalue weighted by Gasteiger charge is 2.18. The molecule has 21 heavy (non-hydrogen) atoms. The van der Waals surface area contributed by atoms with Gasteiger partial charge in [0.2, 0.25) is 0 Å². The minimum absolute atomic E-state index is 0.137. The van der Waals surface area contributed by atoms with Gasteiger partial charge in [-0.2, -0.15) is 9.61 Å². The lowest BCUT2D eigenvalue weighted by Crippen LogP contribution is -2.22. The number of hydrogen-bond donors (Lipinski definition) is 1. The van der Waals surface area contributed by atoms with Crippen LogP contribution in [0.3, 0.4) is 0 Å². The van der Waals surface area contributed by atoms with E-state index in [1.165, 1.54) is 4.52 Å². The third kappa shape index (κ3) is 2.47. The minimum Gasteiger partial charge on any atom is -0.342 e. The fourth-order valence-corrected chi connectivity index (χ4v) is 2.45. The van der Waals surface area contributed by atoms with Crippen molar-refractivity contribution in [3.05, 3.63) is 57.6 Å². The summed E-state index contributed by atoms with van der Waals surface area (Å²) in [6.07, 6.45) is 1.69. The van der Waals surface area contributed by atoms with Gasteiger partial charge in [-0.25, -0.2) is 0 Å². The third-order valence-electron chi connectivity index (χ3n) is 3.44. The molecule has 3 rings (SSSR count). The maximum absolute atomic E-state index is 12.2. The van der Waals surface area contributed by atoms with Crippen molar-refractivity contribution in [3.63, 3.8) is 0 Å². The average molecular weight is 302 g/mol. The van der Waals surface area contributed by atoms with Gasteiger partial charge in [0, 0.05) is 27.8 Å². The molecule has 0 aliphatic rings. The number of hydrogen-bond acceptors (Lipinski definition) is 2. The van der Waals surface area contributed by atoms with Gasteiger partial charge in [-0.15, -0.1) is 0 Å². The average Bonchev–Trinajstić information content (AvgIpc) is 2.82. The predicted octanol–water partition coefficient (Wildman–Crippen LogP) is 3.64. The lowest BCUT2D eigenvalue weighted by Gasteiger charge is -2.18. The highest BCUT2D eigenvalue weighted by molar-refractivity contribution is 6.30. The number of rotatable bonds is 1. The summed E-state index contributed by atoms with van der Waals surface area (Å²) < 4.78 is 1.38. The lowest BCUT2D eigenvalue weighted by atomic mass is 9.92. The number of aromatic amines is 1. The molecular weight excluding hydrogens is 286 g/mol. The number of H-pyrrole nitrogens is 1. The second-order valence-corrected chi connectivity index (χ2v) is 6.54. The Morgan fingerprint density at radius 2 is 2.00 bits per heavy atom. The van der Waals surface area contributed by atoms with Crippen molar-refractivity contribution in [1.82, 2.24) is 14.6 Å². The van der Waals surface area contributed by atoms with Crippen molar-refractivity contribution in [2.45, 2.75) is 26.2 Å². The summed E-state index contributed by atoms with van der Waals surface area (Å²) in [6.45, 7) is 6.18. The van der Waals surface area contributed by atoms with Crippen LogP contribution in [0.4, 0.5) is 0 Å². The molecule has 2 aromatic heterocycles. The number of nitrogens with zero attached hydrogens (tertiary/aromatic N) is 2. The smallest absolute Gasteiger partial charge is 0.274 e. The molecule has 0 saturated carbocycles. The standard InChI is InChI=1S/C16H16ClN3O/c1-16(2,3)13-8-14(21)20-15(19-13)12(9-18-20)10-5-4-6-11(17)7-10/h4-9,19H,1-3H3. The third-order valence-corrected chi connectivity index (χ3v) is 3.68. The van der Waals surface area contributed by atoms with Crippen molar-refractivity contribution in [2.24, 2.45) is 0 Å².